The Morgan fingerprint density at radius 1 is 1.27 bits per heavy atom. The zero-order valence-electron chi connectivity index (χ0n) is 7.97. The number of nitrogens with two attached hydrogens (primary N) is 1. The minimum Gasteiger partial charge on any atom is -0.480 e. The Balaban J connectivity index is 4.70. The molecule has 0 heterocycles. The van der Waals surface area contributed by atoms with Crippen molar-refractivity contribution >= 4 is 17.9 Å². The van der Waals surface area contributed by atoms with Crippen molar-refractivity contribution in [3.63, 3.8) is 0 Å². The Morgan fingerprint density at radius 3 is 2.00 bits per heavy atom. The van der Waals surface area contributed by atoms with E-state index in [0.717, 1.165) is 0 Å². The molecule has 15 heavy (non-hydrogen) atoms. The molecule has 0 fully saturated rings. The second-order valence-corrected chi connectivity index (χ2v) is 2.81. The van der Waals surface area contributed by atoms with Crippen molar-refractivity contribution in [2.45, 2.75) is 19.1 Å². The van der Waals surface area contributed by atoms with Crippen LogP contribution in [0.15, 0.2) is 12.2 Å². The zero-order chi connectivity index (χ0) is 12.2. The van der Waals surface area contributed by atoms with Crippen molar-refractivity contribution in [1.29, 1.82) is 0 Å². The van der Waals surface area contributed by atoms with Crippen LogP contribution in [0.5, 0.6) is 0 Å². The molecule has 0 aromatic carbocycles. The number of rotatable bonds is 5. The molecule has 0 bridgehead atoms. The van der Waals surface area contributed by atoms with Crippen molar-refractivity contribution < 1.29 is 29.3 Å². The predicted octanol–water partition coefficient (Wildman–Crippen LogP) is -1.03. The van der Waals surface area contributed by atoms with Gasteiger partial charge in [0.2, 0.25) is 6.10 Å². The molecular weight excluding hydrogens is 206 g/mol. The van der Waals surface area contributed by atoms with E-state index >= 15 is 0 Å². The average Bonchev–Trinajstić information content (AvgIpc) is 2.11. The molecular formula is C8H11NO6. The lowest BCUT2D eigenvalue weighted by Gasteiger charge is -2.16. The van der Waals surface area contributed by atoms with Crippen molar-refractivity contribution in [2.75, 3.05) is 0 Å². The maximum Gasteiger partial charge on any atom is 0.347 e. The molecule has 0 amide bonds. The van der Waals surface area contributed by atoms with Crippen LogP contribution < -0.4 is 5.73 Å². The molecule has 0 saturated carbocycles. The van der Waals surface area contributed by atoms with Crippen LogP contribution in [0.3, 0.4) is 0 Å². The van der Waals surface area contributed by atoms with E-state index in [4.69, 9.17) is 15.9 Å². The van der Waals surface area contributed by atoms with Gasteiger partial charge in [-0.05, 0) is 6.92 Å². The minimum absolute atomic E-state index is 0.0427. The Morgan fingerprint density at radius 2 is 1.73 bits per heavy atom. The summed E-state index contributed by atoms with van der Waals surface area (Å²) in [6, 6.07) is -1.81. The van der Waals surface area contributed by atoms with Gasteiger partial charge in [-0.1, -0.05) is 6.58 Å². The number of carboxylic acid groups (broad SMARTS) is 2. The topological polar surface area (TPSA) is 127 Å². The van der Waals surface area contributed by atoms with Crippen molar-refractivity contribution in [3.8, 4) is 0 Å². The first kappa shape index (κ1) is 13.1. The average molecular weight is 217 g/mol. The van der Waals surface area contributed by atoms with Crippen LogP contribution in [0.4, 0.5) is 0 Å². The lowest BCUT2D eigenvalue weighted by molar-refractivity contribution is -0.166. The number of carbonyl (C=O) groups excluding carboxylic acids is 1. The summed E-state index contributed by atoms with van der Waals surface area (Å²) in [7, 11) is 0. The Hall–Kier alpha value is -1.89. The molecule has 1 unspecified atom stereocenters. The second kappa shape index (κ2) is 5.11. The van der Waals surface area contributed by atoms with Gasteiger partial charge in [-0.3, -0.25) is 4.79 Å². The highest BCUT2D eigenvalue weighted by Gasteiger charge is 2.34. The largest absolute Gasteiger partial charge is 0.480 e. The van der Waals surface area contributed by atoms with Crippen LogP contribution in [0.25, 0.3) is 0 Å². The molecule has 0 radical (unpaired) electrons. The van der Waals surface area contributed by atoms with Gasteiger partial charge in [-0.2, -0.15) is 0 Å². The molecule has 0 rings (SSSR count). The van der Waals surface area contributed by atoms with Crippen molar-refractivity contribution in [2.24, 2.45) is 5.73 Å². The first-order valence-electron chi connectivity index (χ1n) is 3.85. The number of hydrogen-bond donors (Lipinski definition) is 3. The van der Waals surface area contributed by atoms with E-state index in [2.05, 4.69) is 11.3 Å². The first-order chi connectivity index (χ1) is 6.77. The van der Waals surface area contributed by atoms with Crippen LogP contribution in [-0.4, -0.2) is 40.3 Å². The van der Waals surface area contributed by atoms with E-state index in [0.29, 0.717) is 0 Å². The number of aliphatic carboxylic acids is 2. The normalized spacial score (nSPS) is 13.7. The number of esters is 1. The van der Waals surface area contributed by atoms with Gasteiger partial charge in [0.05, 0.1) is 0 Å². The molecule has 0 saturated heterocycles. The van der Waals surface area contributed by atoms with Crippen LogP contribution >= 0.6 is 0 Å². The fourth-order valence-electron chi connectivity index (χ4n) is 0.623. The quantitative estimate of drug-likeness (QED) is 0.397. The third kappa shape index (κ3) is 3.77. The Bertz CT molecular complexity index is 310. The van der Waals surface area contributed by atoms with E-state index in [9.17, 15) is 14.4 Å². The monoisotopic (exact) mass is 217 g/mol. The van der Waals surface area contributed by atoms with Crippen LogP contribution in [0.2, 0.25) is 0 Å². The first-order valence-corrected chi connectivity index (χ1v) is 3.85. The van der Waals surface area contributed by atoms with Gasteiger partial charge < -0.3 is 20.7 Å². The molecule has 0 aliphatic carbocycles. The van der Waals surface area contributed by atoms with E-state index in [1.165, 1.54) is 6.92 Å². The van der Waals surface area contributed by atoms with Crippen LogP contribution in [-0.2, 0) is 19.1 Å². The van der Waals surface area contributed by atoms with Crippen molar-refractivity contribution in [1.82, 2.24) is 0 Å². The molecule has 0 aliphatic heterocycles. The maximum absolute atomic E-state index is 11.0. The molecule has 2 atom stereocenters. The number of ether oxygens (including phenoxy) is 1. The van der Waals surface area contributed by atoms with Gasteiger partial charge >= 0.3 is 17.9 Å². The van der Waals surface area contributed by atoms with Gasteiger partial charge in [0, 0.05) is 5.57 Å². The summed E-state index contributed by atoms with van der Waals surface area (Å²) in [5.74, 6) is -4.20. The van der Waals surface area contributed by atoms with Crippen molar-refractivity contribution in [3.05, 3.63) is 12.2 Å². The molecule has 7 heteroatoms. The SMILES string of the molecule is C=C(C)C(=O)OC(C(=O)O)[C@H](N)C(=O)O. The molecule has 84 valence electrons. The summed E-state index contributed by atoms with van der Waals surface area (Å²) in [4.78, 5) is 31.9. The summed E-state index contributed by atoms with van der Waals surface area (Å²) >= 11 is 0. The summed E-state index contributed by atoms with van der Waals surface area (Å²) in [6.07, 6.45) is -1.92. The molecule has 0 aromatic rings. The number of carboxylic acids is 2. The van der Waals surface area contributed by atoms with Gasteiger partial charge in [-0.25, -0.2) is 9.59 Å². The number of hydrogen-bond acceptors (Lipinski definition) is 5. The fraction of sp³-hybridized carbons (Fsp3) is 0.375. The molecule has 0 aliphatic rings. The van der Waals surface area contributed by atoms with E-state index < -0.39 is 30.1 Å². The van der Waals surface area contributed by atoms with Crippen LogP contribution in [0, 0.1) is 0 Å². The van der Waals surface area contributed by atoms with Gasteiger partial charge in [0.1, 0.15) is 0 Å². The Labute approximate surface area is 85.1 Å². The zero-order valence-corrected chi connectivity index (χ0v) is 7.97. The third-order valence-corrected chi connectivity index (χ3v) is 1.44. The van der Waals surface area contributed by atoms with E-state index in [-0.39, 0.29) is 5.57 Å². The predicted molar refractivity (Wildman–Crippen MR) is 47.9 cm³/mol. The molecule has 4 N–H and O–H groups in total. The number of carbonyl (C=O) groups is 3. The summed E-state index contributed by atoms with van der Waals surface area (Å²) < 4.78 is 4.35. The molecule has 0 aromatic heterocycles. The summed E-state index contributed by atoms with van der Waals surface area (Å²) in [5, 5.41) is 17.0. The lowest BCUT2D eigenvalue weighted by Crippen LogP contribution is -2.48. The van der Waals surface area contributed by atoms with E-state index in [1.54, 1.807) is 0 Å². The van der Waals surface area contributed by atoms with Gasteiger partial charge in [0.15, 0.2) is 6.04 Å². The van der Waals surface area contributed by atoms with E-state index in [1.807, 2.05) is 0 Å². The minimum atomic E-state index is -1.92. The molecule has 7 nitrogen and oxygen atoms in total. The highest BCUT2D eigenvalue weighted by atomic mass is 16.6. The smallest absolute Gasteiger partial charge is 0.347 e. The Kier molecular flexibility index (Phi) is 4.46. The highest BCUT2D eigenvalue weighted by Crippen LogP contribution is 2.03. The van der Waals surface area contributed by atoms with Gasteiger partial charge in [0.25, 0.3) is 0 Å². The standard InChI is InChI=1S/C8H11NO6/c1-3(2)8(14)15-5(7(12)13)4(9)6(10)11/h4-5H,1,9H2,2H3,(H,10,11)(H,12,13)/t4-,5?/m0/s1. The van der Waals surface area contributed by atoms with Crippen LogP contribution in [0.1, 0.15) is 6.92 Å². The lowest BCUT2D eigenvalue weighted by atomic mass is 10.2. The summed E-state index contributed by atoms with van der Waals surface area (Å²) in [6.45, 7) is 4.52. The molecule has 0 spiro atoms. The van der Waals surface area contributed by atoms with Gasteiger partial charge in [-0.15, -0.1) is 0 Å². The second-order valence-electron chi connectivity index (χ2n) is 2.81. The maximum atomic E-state index is 11.0. The highest BCUT2D eigenvalue weighted by molar-refractivity contribution is 5.91. The third-order valence-electron chi connectivity index (χ3n) is 1.44. The summed E-state index contributed by atoms with van der Waals surface area (Å²) in [5.41, 5.74) is 4.98. The fourth-order valence-corrected chi connectivity index (χ4v) is 0.623.